The highest BCUT2D eigenvalue weighted by atomic mass is 16.5. The van der Waals surface area contributed by atoms with Gasteiger partial charge in [-0.1, -0.05) is 30.3 Å². The second-order valence-corrected chi connectivity index (χ2v) is 4.23. The molecule has 0 amide bonds. The molecule has 0 aliphatic carbocycles. The first-order chi connectivity index (χ1) is 7.65. The van der Waals surface area contributed by atoms with Crippen LogP contribution in [0.1, 0.15) is 24.8 Å². The molecule has 3 heteroatoms. The van der Waals surface area contributed by atoms with Crippen LogP contribution in [0.15, 0.2) is 30.3 Å². The fourth-order valence-corrected chi connectivity index (χ4v) is 1.73. The quantitative estimate of drug-likeness (QED) is 0.768. The summed E-state index contributed by atoms with van der Waals surface area (Å²) in [7, 11) is 1.67. The molecule has 0 radical (unpaired) electrons. The molecule has 0 fully saturated rings. The molecule has 90 valence electrons. The van der Waals surface area contributed by atoms with Gasteiger partial charge in [0.1, 0.15) is 0 Å². The van der Waals surface area contributed by atoms with Crippen molar-refractivity contribution >= 4 is 0 Å². The lowest BCUT2D eigenvalue weighted by Gasteiger charge is -2.22. The molecule has 0 bridgehead atoms. The summed E-state index contributed by atoms with van der Waals surface area (Å²) < 4.78 is 5.19. The van der Waals surface area contributed by atoms with Crippen molar-refractivity contribution in [2.45, 2.75) is 31.4 Å². The molecule has 3 unspecified atom stereocenters. The van der Waals surface area contributed by atoms with Crippen molar-refractivity contribution in [3.8, 4) is 0 Å². The first-order valence-electron chi connectivity index (χ1n) is 5.62. The first kappa shape index (κ1) is 13.2. The van der Waals surface area contributed by atoms with Crippen molar-refractivity contribution in [3.63, 3.8) is 0 Å². The van der Waals surface area contributed by atoms with E-state index in [0.717, 1.165) is 0 Å². The summed E-state index contributed by atoms with van der Waals surface area (Å²) in [5.74, 6) is 0.201. The van der Waals surface area contributed by atoms with Crippen LogP contribution in [0, 0.1) is 0 Å². The van der Waals surface area contributed by atoms with Crippen LogP contribution in [0.2, 0.25) is 0 Å². The molecule has 0 saturated carbocycles. The van der Waals surface area contributed by atoms with E-state index in [-0.39, 0.29) is 12.0 Å². The van der Waals surface area contributed by atoms with Gasteiger partial charge in [-0.05, 0) is 18.9 Å². The van der Waals surface area contributed by atoms with Gasteiger partial charge in [0.15, 0.2) is 0 Å². The normalized spacial score (nSPS) is 16.8. The predicted molar refractivity (Wildman–Crippen MR) is 65.3 cm³/mol. The predicted octanol–water partition coefficient (Wildman–Crippen LogP) is 1.51. The zero-order valence-corrected chi connectivity index (χ0v) is 9.97. The van der Waals surface area contributed by atoms with E-state index in [0.29, 0.717) is 13.0 Å². The number of aliphatic hydroxyl groups is 1. The van der Waals surface area contributed by atoms with Gasteiger partial charge in [0.2, 0.25) is 0 Å². The third kappa shape index (κ3) is 3.93. The molecule has 0 saturated heterocycles. The average molecular weight is 223 g/mol. The van der Waals surface area contributed by atoms with Crippen molar-refractivity contribution in [1.29, 1.82) is 0 Å². The highest BCUT2D eigenvalue weighted by Crippen LogP contribution is 2.22. The second-order valence-electron chi connectivity index (χ2n) is 4.23. The number of nitrogens with two attached hydrogens (primary N) is 1. The van der Waals surface area contributed by atoms with Crippen molar-refractivity contribution < 1.29 is 9.84 Å². The fourth-order valence-electron chi connectivity index (χ4n) is 1.73. The molecule has 0 heterocycles. The second kappa shape index (κ2) is 6.63. The minimum Gasteiger partial charge on any atom is -0.392 e. The van der Waals surface area contributed by atoms with Crippen LogP contribution >= 0.6 is 0 Å². The molecule has 1 aromatic carbocycles. The van der Waals surface area contributed by atoms with Crippen molar-refractivity contribution in [2.75, 3.05) is 13.7 Å². The van der Waals surface area contributed by atoms with Gasteiger partial charge in [0.25, 0.3) is 0 Å². The fraction of sp³-hybridized carbons (Fsp3) is 0.538. The minimum atomic E-state index is -0.486. The summed E-state index contributed by atoms with van der Waals surface area (Å²) in [6, 6.07) is 9.87. The van der Waals surface area contributed by atoms with Gasteiger partial charge >= 0.3 is 0 Å². The summed E-state index contributed by atoms with van der Waals surface area (Å²) in [6.45, 7) is 2.42. The third-order valence-electron chi connectivity index (χ3n) is 2.77. The smallest absolute Gasteiger partial charge is 0.0695 e. The summed E-state index contributed by atoms with van der Waals surface area (Å²) in [5, 5.41) is 9.80. The van der Waals surface area contributed by atoms with Crippen LogP contribution in [0.3, 0.4) is 0 Å². The van der Waals surface area contributed by atoms with Crippen molar-refractivity contribution in [1.82, 2.24) is 0 Å². The van der Waals surface area contributed by atoms with Gasteiger partial charge in [-0.3, -0.25) is 0 Å². The Morgan fingerprint density at radius 3 is 2.44 bits per heavy atom. The maximum absolute atomic E-state index is 9.80. The SMILES string of the molecule is COCC(CC(O)C(C)N)c1ccccc1. The molecule has 3 N–H and O–H groups in total. The number of methoxy groups -OCH3 is 1. The Labute approximate surface area is 97.2 Å². The largest absolute Gasteiger partial charge is 0.392 e. The van der Waals surface area contributed by atoms with Crippen LogP contribution < -0.4 is 5.73 Å². The molecular weight excluding hydrogens is 202 g/mol. The summed E-state index contributed by atoms with van der Waals surface area (Å²) in [6.07, 6.45) is 0.149. The van der Waals surface area contributed by atoms with Gasteiger partial charge < -0.3 is 15.6 Å². The molecule has 3 nitrogen and oxygen atoms in total. The van der Waals surface area contributed by atoms with Crippen molar-refractivity contribution in [3.05, 3.63) is 35.9 Å². The maximum atomic E-state index is 9.80. The summed E-state index contributed by atoms with van der Waals surface area (Å²) in [4.78, 5) is 0. The zero-order valence-electron chi connectivity index (χ0n) is 9.97. The Kier molecular flexibility index (Phi) is 5.46. The zero-order chi connectivity index (χ0) is 12.0. The van der Waals surface area contributed by atoms with Crippen LogP contribution in [-0.2, 0) is 4.74 Å². The van der Waals surface area contributed by atoms with E-state index in [4.69, 9.17) is 10.5 Å². The van der Waals surface area contributed by atoms with Crippen LogP contribution in [0.5, 0.6) is 0 Å². The summed E-state index contributed by atoms with van der Waals surface area (Å²) in [5.41, 5.74) is 6.85. The number of ether oxygens (including phenoxy) is 1. The van der Waals surface area contributed by atoms with Gasteiger partial charge in [0, 0.05) is 19.1 Å². The Morgan fingerprint density at radius 1 is 1.31 bits per heavy atom. The van der Waals surface area contributed by atoms with Crippen LogP contribution in [-0.4, -0.2) is 31.0 Å². The lowest BCUT2D eigenvalue weighted by Crippen LogP contribution is -2.33. The Hall–Kier alpha value is -0.900. The standard InChI is InChI=1S/C13H21NO2/c1-10(14)13(15)8-12(9-16-2)11-6-4-3-5-7-11/h3-7,10,12-13,15H,8-9,14H2,1-2H3. The molecule has 16 heavy (non-hydrogen) atoms. The van der Waals surface area contributed by atoms with E-state index in [9.17, 15) is 5.11 Å². The number of aliphatic hydroxyl groups excluding tert-OH is 1. The van der Waals surface area contributed by atoms with Gasteiger partial charge in [0.05, 0.1) is 12.7 Å². The van der Waals surface area contributed by atoms with E-state index in [1.54, 1.807) is 7.11 Å². The maximum Gasteiger partial charge on any atom is 0.0695 e. The Balaban J connectivity index is 2.68. The van der Waals surface area contributed by atoms with E-state index >= 15 is 0 Å². The molecule has 0 spiro atoms. The van der Waals surface area contributed by atoms with Gasteiger partial charge in [-0.25, -0.2) is 0 Å². The number of rotatable bonds is 6. The molecule has 1 rings (SSSR count). The van der Waals surface area contributed by atoms with Crippen LogP contribution in [0.4, 0.5) is 0 Å². The van der Waals surface area contributed by atoms with E-state index in [2.05, 4.69) is 12.1 Å². The average Bonchev–Trinajstić information content (AvgIpc) is 2.29. The molecule has 0 aliphatic rings. The highest BCUT2D eigenvalue weighted by Gasteiger charge is 2.18. The number of benzene rings is 1. The first-order valence-corrected chi connectivity index (χ1v) is 5.62. The Morgan fingerprint density at radius 2 is 1.94 bits per heavy atom. The van der Waals surface area contributed by atoms with Gasteiger partial charge in [-0.2, -0.15) is 0 Å². The lowest BCUT2D eigenvalue weighted by molar-refractivity contribution is 0.106. The van der Waals surface area contributed by atoms with Crippen molar-refractivity contribution in [2.24, 2.45) is 5.73 Å². The number of hydrogen-bond acceptors (Lipinski definition) is 3. The van der Waals surface area contributed by atoms with E-state index in [1.165, 1.54) is 5.56 Å². The van der Waals surface area contributed by atoms with E-state index < -0.39 is 6.10 Å². The highest BCUT2D eigenvalue weighted by molar-refractivity contribution is 5.19. The molecule has 0 aliphatic heterocycles. The summed E-state index contributed by atoms with van der Waals surface area (Å²) >= 11 is 0. The Bertz CT molecular complexity index is 287. The van der Waals surface area contributed by atoms with E-state index in [1.807, 2.05) is 25.1 Å². The molecule has 0 aromatic heterocycles. The van der Waals surface area contributed by atoms with Gasteiger partial charge in [-0.15, -0.1) is 0 Å². The molecule has 3 atom stereocenters. The third-order valence-corrected chi connectivity index (χ3v) is 2.77. The van der Waals surface area contributed by atoms with Crippen LogP contribution in [0.25, 0.3) is 0 Å². The monoisotopic (exact) mass is 223 g/mol. The number of hydrogen-bond donors (Lipinski definition) is 2. The molecule has 1 aromatic rings. The minimum absolute atomic E-state index is 0.201. The lowest BCUT2D eigenvalue weighted by atomic mass is 9.92. The molecular formula is C13H21NO2. The topological polar surface area (TPSA) is 55.5 Å².